The number of quaternary nitrogens is 1. The van der Waals surface area contributed by atoms with Crippen LogP contribution in [0.2, 0.25) is 0 Å². The lowest BCUT2D eigenvalue weighted by atomic mass is 10.0. The van der Waals surface area contributed by atoms with Crippen molar-refractivity contribution < 1.29 is 18.8 Å². The molecule has 0 heterocycles. The normalized spacial score (nSPS) is 11.4. The number of hydrogen-bond acceptors (Lipinski definition) is 3. The molecule has 0 saturated carbocycles. The Bertz CT molecular complexity index is 1120. The molecule has 0 radical (unpaired) electrons. The monoisotopic (exact) mass is 820 g/mol. The van der Waals surface area contributed by atoms with E-state index in [0.29, 0.717) is 11.5 Å². The minimum Gasteiger partial charge on any atom is -0.808 e. The van der Waals surface area contributed by atoms with E-state index >= 15 is 0 Å². The maximum absolute atomic E-state index is 13.0. The summed E-state index contributed by atoms with van der Waals surface area (Å²) in [4.78, 5) is 0. The van der Waals surface area contributed by atoms with E-state index in [-0.39, 0.29) is 0 Å². The summed E-state index contributed by atoms with van der Waals surface area (Å²) in [6.07, 6.45) is 39.3. The zero-order chi connectivity index (χ0) is 43.2. The molecule has 0 aliphatic carbocycles. The first kappa shape index (κ1) is 55.0. The van der Waals surface area contributed by atoms with Gasteiger partial charge in [-0.2, -0.15) is 0 Å². The van der Waals surface area contributed by atoms with Crippen LogP contribution in [0.25, 0.3) is 0 Å². The van der Waals surface area contributed by atoms with E-state index in [0.717, 1.165) is 36.8 Å². The SMILES string of the molecule is CCCCCCCCCCCCc1cc(C)ccc1OB([O-])Oc1ccc(C)cc1CCCCCCCCCCCC.CCCC[N+](CCCC)(CCCC)CCCC. The lowest BCUT2D eigenvalue weighted by molar-refractivity contribution is -0.929. The van der Waals surface area contributed by atoms with E-state index in [1.807, 2.05) is 24.3 Å². The quantitative estimate of drug-likeness (QED) is 0.0385. The zero-order valence-corrected chi connectivity index (χ0v) is 40.8. The highest BCUT2D eigenvalue weighted by molar-refractivity contribution is 6.34. The summed E-state index contributed by atoms with van der Waals surface area (Å²) in [6.45, 7) is 23.8. The van der Waals surface area contributed by atoms with E-state index in [2.05, 4.69) is 67.5 Å². The number of nitrogens with zero attached hydrogens (tertiary/aromatic N) is 1. The van der Waals surface area contributed by atoms with Crippen molar-refractivity contribution in [3.8, 4) is 11.5 Å². The molecule has 0 bridgehead atoms. The van der Waals surface area contributed by atoms with Gasteiger partial charge < -0.3 is 18.8 Å². The van der Waals surface area contributed by atoms with E-state index in [4.69, 9.17) is 9.31 Å². The molecule has 2 aromatic rings. The van der Waals surface area contributed by atoms with Gasteiger partial charge in [0, 0.05) is 0 Å². The summed E-state index contributed by atoms with van der Waals surface area (Å²) in [6, 6.07) is 12.2. The zero-order valence-electron chi connectivity index (χ0n) is 40.8. The van der Waals surface area contributed by atoms with E-state index in [1.165, 1.54) is 209 Å². The standard InChI is InChI=1S/C38H62BO3.C16H36N/c1-5-7-9-11-13-15-17-19-21-23-25-35-31-33(3)27-29-37(35)41-39(40)42-38-30-28-34(4)32-36(38)26-24-22-20-18-16-14-12-10-8-6-2;1-5-9-13-17(14-10-6-2,15-11-7-3)16-12-8-4/h27-32H,5-26H2,1-4H3;5-16H2,1-4H3/q-1;+1. The molecule has 0 spiro atoms. The molecule has 4 nitrogen and oxygen atoms in total. The van der Waals surface area contributed by atoms with Crippen molar-refractivity contribution in [2.75, 3.05) is 26.2 Å². The lowest BCUT2D eigenvalue weighted by Crippen LogP contribution is -2.50. The van der Waals surface area contributed by atoms with E-state index in [1.54, 1.807) is 0 Å². The predicted molar refractivity (Wildman–Crippen MR) is 260 cm³/mol. The first-order chi connectivity index (χ1) is 28.8. The van der Waals surface area contributed by atoms with Crippen LogP contribution in [0, 0.1) is 13.8 Å². The van der Waals surface area contributed by atoms with Crippen LogP contribution in [0.4, 0.5) is 0 Å². The van der Waals surface area contributed by atoms with Gasteiger partial charge in [-0.3, -0.25) is 0 Å². The third kappa shape index (κ3) is 28.3. The average Bonchev–Trinajstić information content (AvgIpc) is 3.23. The summed E-state index contributed by atoms with van der Waals surface area (Å²) in [7, 11) is -1.58. The van der Waals surface area contributed by atoms with Gasteiger partial charge in [-0.05, 0) is 88.5 Å². The number of rotatable bonds is 38. The molecule has 2 rings (SSSR count). The van der Waals surface area contributed by atoms with Crippen molar-refractivity contribution in [2.24, 2.45) is 0 Å². The van der Waals surface area contributed by atoms with Crippen molar-refractivity contribution >= 4 is 7.32 Å². The van der Waals surface area contributed by atoms with Crippen molar-refractivity contribution in [3.63, 3.8) is 0 Å². The number of unbranched alkanes of at least 4 members (excludes halogenated alkanes) is 22. The highest BCUT2D eigenvalue weighted by Crippen LogP contribution is 2.26. The molecular formula is C54H98BNO3. The van der Waals surface area contributed by atoms with Gasteiger partial charge in [0.15, 0.2) is 0 Å². The van der Waals surface area contributed by atoms with Gasteiger partial charge in [-0.1, -0.05) is 218 Å². The van der Waals surface area contributed by atoms with Crippen LogP contribution in [-0.2, 0) is 12.8 Å². The third-order valence-electron chi connectivity index (χ3n) is 12.4. The van der Waals surface area contributed by atoms with E-state index < -0.39 is 7.32 Å². The second-order valence-corrected chi connectivity index (χ2v) is 18.3. The molecule has 5 heteroatoms. The molecule has 0 unspecified atom stereocenters. The Morgan fingerprint density at radius 3 is 0.949 bits per heavy atom. The van der Waals surface area contributed by atoms with Crippen LogP contribution in [0.1, 0.15) is 244 Å². The van der Waals surface area contributed by atoms with Gasteiger partial charge in [0.25, 0.3) is 0 Å². The maximum atomic E-state index is 13.0. The number of hydrogen-bond donors (Lipinski definition) is 0. The van der Waals surface area contributed by atoms with Crippen LogP contribution in [0.15, 0.2) is 36.4 Å². The van der Waals surface area contributed by atoms with Crippen LogP contribution in [0.5, 0.6) is 11.5 Å². The van der Waals surface area contributed by atoms with Crippen LogP contribution >= 0.6 is 0 Å². The molecule has 0 N–H and O–H groups in total. The Labute approximate surface area is 369 Å². The lowest BCUT2D eigenvalue weighted by Gasteiger charge is -2.39. The summed E-state index contributed by atoms with van der Waals surface area (Å²) < 4.78 is 13.1. The third-order valence-corrected chi connectivity index (χ3v) is 12.4. The molecule has 0 saturated heterocycles. The molecule has 0 fully saturated rings. The fraction of sp³-hybridized carbons (Fsp3) is 0.778. The van der Waals surface area contributed by atoms with Gasteiger partial charge in [-0.15, -0.1) is 0 Å². The molecule has 0 aromatic heterocycles. The second kappa shape index (κ2) is 37.8. The highest BCUT2D eigenvalue weighted by Gasteiger charge is 2.24. The Hall–Kier alpha value is -1.98. The van der Waals surface area contributed by atoms with Crippen molar-refractivity contribution in [2.45, 2.75) is 248 Å². The number of aryl methyl sites for hydroxylation is 4. The topological polar surface area (TPSA) is 41.5 Å². The predicted octanol–water partition coefficient (Wildman–Crippen LogP) is 16.0. The van der Waals surface area contributed by atoms with Gasteiger partial charge in [0.1, 0.15) is 11.5 Å². The molecule has 2 aromatic carbocycles. The Kier molecular flexibility index (Phi) is 35.2. The fourth-order valence-electron chi connectivity index (χ4n) is 8.52. The Morgan fingerprint density at radius 2 is 0.661 bits per heavy atom. The molecule has 340 valence electrons. The number of benzene rings is 2. The minimum atomic E-state index is -1.58. The Balaban J connectivity index is 0.000000859. The van der Waals surface area contributed by atoms with Gasteiger partial charge in [0.05, 0.1) is 26.2 Å². The van der Waals surface area contributed by atoms with Gasteiger partial charge >= 0.3 is 7.32 Å². The van der Waals surface area contributed by atoms with Crippen LogP contribution in [-0.4, -0.2) is 38.0 Å². The van der Waals surface area contributed by atoms with Crippen molar-refractivity contribution in [1.82, 2.24) is 0 Å². The van der Waals surface area contributed by atoms with E-state index in [9.17, 15) is 5.02 Å². The molecule has 59 heavy (non-hydrogen) atoms. The average molecular weight is 820 g/mol. The van der Waals surface area contributed by atoms with Gasteiger partial charge in [-0.25, -0.2) is 0 Å². The summed E-state index contributed by atoms with van der Waals surface area (Å²) >= 11 is 0. The van der Waals surface area contributed by atoms with Crippen LogP contribution < -0.4 is 14.3 Å². The fourth-order valence-corrected chi connectivity index (χ4v) is 8.52. The molecular weight excluding hydrogens is 721 g/mol. The largest absolute Gasteiger partial charge is 0.808 e. The van der Waals surface area contributed by atoms with Gasteiger partial charge in [0.2, 0.25) is 0 Å². The summed E-state index contributed by atoms with van der Waals surface area (Å²) in [5.74, 6) is 1.33. The maximum Gasteiger partial charge on any atom is 0.492 e. The molecule has 0 atom stereocenters. The first-order valence-corrected chi connectivity index (χ1v) is 25.8. The second-order valence-electron chi connectivity index (χ2n) is 18.3. The molecule has 0 amide bonds. The summed E-state index contributed by atoms with van der Waals surface area (Å²) in [5.41, 5.74) is 4.64. The highest BCUT2D eigenvalue weighted by atomic mass is 16.7. The molecule has 0 aliphatic rings. The van der Waals surface area contributed by atoms with Crippen molar-refractivity contribution in [3.05, 3.63) is 58.7 Å². The smallest absolute Gasteiger partial charge is 0.492 e. The minimum absolute atomic E-state index is 0.667. The Morgan fingerprint density at radius 1 is 0.390 bits per heavy atom. The molecule has 0 aliphatic heterocycles. The van der Waals surface area contributed by atoms with Crippen molar-refractivity contribution in [1.29, 1.82) is 0 Å². The summed E-state index contributed by atoms with van der Waals surface area (Å²) in [5, 5.41) is 13.0. The van der Waals surface area contributed by atoms with Crippen LogP contribution in [0.3, 0.4) is 0 Å². The first-order valence-electron chi connectivity index (χ1n) is 25.8.